The van der Waals surface area contributed by atoms with Gasteiger partial charge in [-0.2, -0.15) is 0 Å². The molecule has 0 saturated heterocycles. The van der Waals surface area contributed by atoms with Crippen LogP contribution in [0.25, 0.3) is 0 Å². The minimum absolute atomic E-state index is 0. The molecule has 0 N–H and O–H groups in total. The molecule has 0 radical (unpaired) electrons. The fourth-order valence-corrected chi connectivity index (χ4v) is 0.841. The van der Waals surface area contributed by atoms with Crippen molar-refractivity contribution in [2.75, 3.05) is 0 Å². The number of rotatable bonds is 3. The Hall–Kier alpha value is 1.50. The van der Waals surface area contributed by atoms with Crippen molar-refractivity contribution in [3.8, 4) is 0 Å². The molecule has 0 heterocycles. The Labute approximate surface area is 82.3 Å². The first-order chi connectivity index (χ1) is 3.27. The third-order valence-electron chi connectivity index (χ3n) is 1.05. The van der Waals surface area contributed by atoms with E-state index < -0.39 is 0 Å². The Bertz CT molecular complexity index is 37.5. The average Bonchev–Trinajstić information content (AvgIpc) is 1.61. The third-order valence-corrected chi connectivity index (χ3v) is 1.46. The van der Waals surface area contributed by atoms with Crippen LogP contribution in [-0.2, 0) is 0 Å². The Morgan fingerprint density at radius 2 is 2.00 bits per heavy atom. The van der Waals surface area contributed by atoms with Crippen molar-refractivity contribution >= 4 is 21.7 Å². The van der Waals surface area contributed by atoms with Crippen LogP contribution in [0.4, 0.5) is 0 Å². The van der Waals surface area contributed by atoms with Gasteiger partial charge in [0.05, 0.1) is 0 Å². The summed E-state index contributed by atoms with van der Waals surface area (Å²) in [6.45, 7) is 4.53. The van der Waals surface area contributed by atoms with Crippen LogP contribution in [0, 0.1) is 0 Å². The monoisotopic (exact) mass is 236 g/mol. The van der Waals surface area contributed by atoms with Gasteiger partial charge in [0.1, 0.15) is 0 Å². The molecule has 0 aromatic heterocycles. The number of halogens is 1. The zero-order valence-corrected chi connectivity index (χ0v) is 9.36. The van der Waals surface area contributed by atoms with Gasteiger partial charge in [-0.3, -0.25) is 0 Å². The minimum Gasteiger partial charge on any atom is -1.00 e. The fraction of sp³-hybridized carbons (Fsp3) is 1.00. The van der Waals surface area contributed by atoms with Crippen molar-refractivity contribution in [1.29, 1.82) is 0 Å². The predicted molar refractivity (Wildman–Crippen MR) is 34.7 cm³/mol. The summed E-state index contributed by atoms with van der Waals surface area (Å²) in [5.41, 5.74) is 0. The van der Waals surface area contributed by atoms with E-state index in [0.29, 0.717) is 0 Å². The summed E-state index contributed by atoms with van der Waals surface area (Å²) in [7, 11) is 0. The molecule has 1 atom stereocenters. The molecule has 0 aliphatic carbocycles. The molecule has 0 rings (SSSR count). The van der Waals surface area contributed by atoms with Crippen molar-refractivity contribution in [2.45, 2.75) is 37.2 Å². The van der Waals surface area contributed by atoms with Gasteiger partial charge >= 0.3 is 58.9 Å². The van der Waals surface area contributed by atoms with Gasteiger partial charge in [0, 0.05) is 0 Å². The Kier molecular flexibility index (Phi) is 13.0. The molecule has 2 heteroatoms. The van der Waals surface area contributed by atoms with Crippen molar-refractivity contribution in [1.82, 2.24) is 0 Å². The predicted octanol–water partition coefficient (Wildman–Crippen LogP) is -0.842. The van der Waals surface area contributed by atoms with Gasteiger partial charge in [-0.25, -0.2) is 0 Å². The first kappa shape index (κ1) is 12.2. The summed E-state index contributed by atoms with van der Waals surface area (Å²) in [5.74, 6) is 0. The molecule has 0 bridgehead atoms. The topological polar surface area (TPSA) is 0 Å². The van der Waals surface area contributed by atoms with Gasteiger partial charge in [-0.15, -0.1) is 0 Å². The van der Waals surface area contributed by atoms with E-state index in [0.717, 1.165) is 4.05 Å². The van der Waals surface area contributed by atoms with E-state index in [-0.39, 0.29) is 24.0 Å². The van der Waals surface area contributed by atoms with E-state index in [4.69, 9.17) is 0 Å². The molecule has 0 nitrogen and oxygen atoms in total. The van der Waals surface area contributed by atoms with Crippen molar-refractivity contribution in [2.24, 2.45) is 0 Å². The maximum Gasteiger partial charge on any atom is -1.00 e. The quantitative estimate of drug-likeness (QED) is 0.443. The summed E-state index contributed by atoms with van der Waals surface area (Å²) in [6, 6.07) is 0. The minimum atomic E-state index is 0. The van der Waals surface area contributed by atoms with Crippen LogP contribution >= 0.6 is 0 Å². The van der Waals surface area contributed by atoms with Gasteiger partial charge in [-0.1, -0.05) is 0 Å². The van der Waals surface area contributed by atoms with Crippen LogP contribution in [0.15, 0.2) is 0 Å². The summed E-state index contributed by atoms with van der Waals surface area (Å²) >= 11 is 2.10. The second-order valence-electron chi connectivity index (χ2n) is 2.25. The SMILES string of the molecule is CCCC[CH](C)[Mg+].[I-]. The van der Waals surface area contributed by atoms with Crippen LogP contribution < -0.4 is 24.0 Å². The number of unbranched alkanes of at least 4 members (excludes halogenated alkanes) is 1. The second kappa shape index (κ2) is 8.50. The molecular formula is C6H13IMg. The van der Waals surface area contributed by atoms with Crippen LogP contribution in [0.5, 0.6) is 0 Å². The first-order valence-corrected chi connectivity index (χ1v) is 3.92. The molecule has 0 aliphatic heterocycles. The summed E-state index contributed by atoms with van der Waals surface area (Å²) in [6.07, 6.45) is 4.17. The van der Waals surface area contributed by atoms with Crippen molar-refractivity contribution in [3.63, 3.8) is 0 Å². The van der Waals surface area contributed by atoms with E-state index in [2.05, 4.69) is 35.6 Å². The van der Waals surface area contributed by atoms with E-state index in [9.17, 15) is 0 Å². The molecule has 0 aromatic rings. The van der Waals surface area contributed by atoms with E-state index in [1.165, 1.54) is 19.3 Å². The van der Waals surface area contributed by atoms with Crippen molar-refractivity contribution < 1.29 is 24.0 Å². The molecule has 0 aromatic carbocycles. The maximum absolute atomic E-state index is 2.29. The van der Waals surface area contributed by atoms with Gasteiger partial charge in [-0.05, 0) is 0 Å². The summed E-state index contributed by atoms with van der Waals surface area (Å²) < 4.78 is 0.931. The molecule has 1 unspecified atom stereocenters. The Morgan fingerprint density at radius 3 is 2.12 bits per heavy atom. The summed E-state index contributed by atoms with van der Waals surface area (Å²) in [5, 5.41) is 0. The molecule has 0 saturated carbocycles. The first-order valence-electron chi connectivity index (χ1n) is 3.10. The van der Waals surface area contributed by atoms with Crippen molar-refractivity contribution in [3.05, 3.63) is 0 Å². The van der Waals surface area contributed by atoms with Gasteiger partial charge < -0.3 is 24.0 Å². The van der Waals surface area contributed by atoms with E-state index >= 15 is 0 Å². The van der Waals surface area contributed by atoms with Gasteiger partial charge in [0.25, 0.3) is 0 Å². The van der Waals surface area contributed by atoms with Crippen LogP contribution in [-0.4, -0.2) is 21.7 Å². The van der Waals surface area contributed by atoms with Crippen LogP contribution in [0.3, 0.4) is 0 Å². The maximum atomic E-state index is 2.29. The zero-order valence-electron chi connectivity index (χ0n) is 5.78. The molecule has 0 amide bonds. The Morgan fingerprint density at radius 1 is 1.50 bits per heavy atom. The molecule has 0 aliphatic rings. The fourth-order valence-electron chi connectivity index (χ4n) is 0.553. The smallest absolute Gasteiger partial charge is 1.00 e. The average molecular weight is 236 g/mol. The number of hydrogen-bond donors (Lipinski definition) is 0. The second-order valence-corrected chi connectivity index (χ2v) is 3.64. The molecule has 0 spiro atoms. The van der Waals surface area contributed by atoms with E-state index in [1.54, 1.807) is 0 Å². The molecule has 0 fully saturated rings. The Balaban J connectivity index is 0. The number of hydrogen-bond acceptors (Lipinski definition) is 0. The van der Waals surface area contributed by atoms with Crippen LogP contribution in [0.1, 0.15) is 33.1 Å². The zero-order chi connectivity index (χ0) is 5.70. The molecule has 46 valence electrons. The third kappa shape index (κ3) is 10.5. The van der Waals surface area contributed by atoms with E-state index in [1.807, 2.05) is 0 Å². The van der Waals surface area contributed by atoms with Crippen LogP contribution in [0.2, 0.25) is 4.05 Å². The largest absolute Gasteiger partial charge is 1.00 e. The standard InChI is InChI=1S/C6H13.HI.Mg/c1-3-5-6-4-2;;/h3H,4-6H2,1-2H3;1H;/q;;+1/p-1. The molecular weight excluding hydrogens is 223 g/mol. The summed E-state index contributed by atoms with van der Waals surface area (Å²) in [4.78, 5) is 0. The van der Waals surface area contributed by atoms with Gasteiger partial charge in [0.15, 0.2) is 0 Å². The normalized spacial score (nSPS) is 12.5. The molecule has 8 heavy (non-hydrogen) atoms. The van der Waals surface area contributed by atoms with Gasteiger partial charge in [0.2, 0.25) is 0 Å².